The third-order valence-electron chi connectivity index (χ3n) is 7.95. The van der Waals surface area contributed by atoms with E-state index in [0.29, 0.717) is 5.56 Å². The minimum atomic E-state index is -5.54. The molecule has 0 fully saturated rings. The summed E-state index contributed by atoms with van der Waals surface area (Å²) in [5.74, 6) is -6.26. The van der Waals surface area contributed by atoms with Crippen LogP contribution < -0.4 is 15.0 Å². The molecule has 0 spiro atoms. The molecule has 0 bridgehead atoms. The molecule has 0 heterocycles. The van der Waals surface area contributed by atoms with Gasteiger partial charge in [0, 0.05) is 10.0 Å². The van der Waals surface area contributed by atoms with Gasteiger partial charge in [-0.2, -0.15) is 13.2 Å². The third-order valence-corrected chi connectivity index (χ3v) is 14.7. The van der Waals surface area contributed by atoms with Crippen LogP contribution in [0.5, 0.6) is 5.75 Å². The molecular weight excluding hydrogens is 732 g/mol. The first-order valence-electron chi connectivity index (χ1n) is 15.9. The Morgan fingerprint density at radius 2 is 1.53 bits per heavy atom. The van der Waals surface area contributed by atoms with Crippen molar-refractivity contribution in [3.8, 4) is 5.75 Å². The quantitative estimate of drug-likeness (QED) is 0.137. The molecule has 1 atom stereocenters. The molecule has 274 valence electrons. The smallest absolute Gasteiger partial charge is 0.471 e. The molecule has 0 aliphatic rings. The summed E-state index contributed by atoms with van der Waals surface area (Å²) < 4.78 is 76.1. The van der Waals surface area contributed by atoms with Crippen molar-refractivity contribution >= 4 is 47.9 Å². The predicted octanol–water partition coefficient (Wildman–Crippen LogP) is 8.78. The molecule has 0 radical (unpaired) electrons. The van der Waals surface area contributed by atoms with Gasteiger partial charge in [0.25, 0.3) is 0 Å². The van der Waals surface area contributed by atoms with Gasteiger partial charge >= 0.3 is 24.1 Å². The molecule has 0 saturated carbocycles. The number of nitrogens with one attached hydrogen (secondary N) is 1. The van der Waals surface area contributed by atoms with Crippen molar-refractivity contribution in [1.82, 2.24) is 5.32 Å². The van der Waals surface area contributed by atoms with Gasteiger partial charge in [-0.25, -0.2) is 9.18 Å². The van der Waals surface area contributed by atoms with E-state index in [2.05, 4.69) is 62.8 Å². The SMILES string of the molecule is CC(C)[Si](OCC(Cc1c(Br)cc(OCc2ccccc2)c(N(CC(=O)O)C(=O)C(F)(F)F)c1F)NC(=O)OC(C)(C)C)(C(C)C)C(C)C. The normalized spacial score (nSPS) is 13.1. The number of alkyl carbamates (subject to hydrolysis) is 1. The first-order chi connectivity index (χ1) is 22.5. The number of amides is 2. The summed E-state index contributed by atoms with van der Waals surface area (Å²) in [6.45, 7) is 15.5. The van der Waals surface area contributed by atoms with Crippen LogP contribution in [0.3, 0.4) is 0 Å². The second-order valence-electron chi connectivity index (χ2n) is 13.7. The molecule has 2 amide bonds. The van der Waals surface area contributed by atoms with Crippen molar-refractivity contribution in [2.24, 2.45) is 0 Å². The minimum Gasteiger partial charge on any atom is -0.487 e. The summed E-state index contributed by atoms with van der Waals surface area (Å²) in [6.07, 6.45) is -6.71. The highest BCUT2D eigenvalue weighted by atomic mass is 79.9. The molecule has 0 aliphatic heterocycles. The number of nitrogens with zero attached hydrogens (tertiary/aromatic N) is 1. The second kappa shape index (κ2) is 17.2. The highest BCUT2D eigenvalue weighted by Crippen LogP contribution is 2.43. The highest BCUT2D eigenvalue weighted by molar-refractivity contribution is 9.10. The number of halogens is 5. The number of carboxylic acid groups (broad SMARTS) is 1. The van der Waals surface area contributed by atoms with E-state index in [1.807, 2.05) is 0 Å². The lowest BCUT2D eigenvalue weighted by Crippen LogP contribution is -2.51. The molecule has 0 saturated heterocycles. The highest BCUT2D eigenvalue weighted by Gasteiger charge is 2.47. The topological polar surface area (TPSA) is 114 Å². The second-order valence-corrected chi connectivity index (χ2v) is 20.0. The number of aliphatic carboxylic acids is 1. The van der Waals surface area contributed by atoms with E-state index in [9.17, 15) is 32.7 Å². The van der Waals surface area contributed by atoms with Crippen molar-refractivity contribution in [2.45, 2.75) is 110 Å². The van der Waals surface area contributed by atoms with Crippen LogP contribution in [-0.4, -0.2) is 62.4 Å². The molecular formula is C34H47BrF4N2O7Si. The standard InChI is InChI=1S/C34H47BrF4N2O7Si/c1-20(2)49(21(3)4,22(5)6)47-19-24(40-32(45)48-33(7,8)9)15-25-26(35)16-27(46-18-23-13-11-10-12-14-23)30(29(25)36)41(17-28(42)43)31(44)34(37,38)39/h10-14,16,20-22,24H,15,17-19H2,1-9H3,(H,40,45)(H,42,43). The lowest BCUT2D eigenvalue weighted by molar-refractivity contribution is -0.171. The number of carbonyl (C=O) groups excluding carboxylic acids is 2. The van der Waals surface area contributed by atoms with E-state index < -0.39 is 67.9 Å². The summed E-state index contributed by atoms with van der Waals surface area (Å²) in [7, 11) is -2.53. The number of alkyl halides is 3. The summed E-state index contributed by atoms with van der Waals surface area (Å²) in [4.78, 5) is 37.1. The predicted molar refractivity (Wildman–Crippen MR) is 185 cm³/mol. The molecule has 2 rings (SSSR count). The van der Waals surface area contributed by atoms with E-state index in [-0.39, 0.29) is 51.2 Å². The summed E-state index contributed by atoms with van der Waals surface area (Å²) in [5.41, 5.74) is -1.09. The molecule has 2 aromatic rings. The van der Waals surface area contributed by atoms with Gasteiger partial charge in [0.1, 0.15) is 30.2 Å². The zero-order chi connectivity index (χ0) is 37.5. The number of carbonyl (C=O) groups is 3. The lowest BCUT2D eigenvalue weighted by atomic mass is 10.0. The zero-order valence-electron chi connectivity index (χ0n) is 29.3. The Labute approximate surface area is 294 Å². The first kappa shape index (κ1) is 42.0. The van der Waals surface area contributed by atoms with E-state index in [4.69, 9.17) is 13.9 Å². The average Bonchev–Trinajstić information content (AvgIpc) is 2.95. The maximum Gasteiger partial charge on any atom is 0.471 e. The number of ether oxygens (including phenoxy) is 2. The molecule has 49 heavy (non-hydrogen) atoms. The largest absolute Gasteiger partial charge is 0.487 e. The Morgan fingerprint density at radius 1 is 0.980 bits per heavy atom. The van der Waals surface area contributed by atoms with Crippen LogP contribution in [0.25, 0.3) is 0 Å². The fourth-order valence-corrected chi connectivity index (χ4v) is 12.1. The Morgan fingerprint density at radius 3 is 2.00 bits per heavy atom. The van der Waals surface area contributed by atoms with E-state index in [1.165, 1.54) is 6.07 Å². The van der Waals surface area contributed by atoms with Gasteiger partial charge in [0.2, 0.25) is 0 Å². The van der Waals surface area contributed by atoms with Gasteiger partial charge in [0.15, 0.2) is 14.1 Å². The maximum atomic E-state index is 16.8. The van der Waals surface area contributed by atoms with Gasteiger partial charge in [-0.15, -0.1) is 0 Å². The number of carboxylic acids is 1. The van der Waals surface area contributed by atoms with Crippen LogP contribution in [0.15, 0.2) is 40.9 Å². The van der Waals surface area contributed by atoms with Crippen LogP contribution >= 0.6 is 15.9 Å². The first-order valence-corrected chi connectivity index (χ1v) is 18.9. The Kier molecular flexibility index (Phi) is 14.7. The fourth-order valence-electron chi connectivity index (χ4n) is 6.07. The number of anilines is 1. The van der Waals surface area contributed by atoms with Crippen LogP contribution in [0.2, 0.25) is 16.6 Å². The van der Waals surface area contributed by atoms with Crippen molar-refractivity contribution in [2.75, 3.05) is 18.1 Å². The summed E-state index contributed by atoms with van der Waals surface area (Å²) >= 11 is 3.30. The zero-order valence-corrected chi connectivity index (χ0v) is 31.9. The maximum absolute atomic E-state index is 16.8. The van der Waals surface area contributed by atoms with Crippen molar-refractivity contribution in [3.05, 3.63) is 57.8 Å². The van der Waals surface area contributed by atoms with Crippen molar-refractivity contribution in [1.29, 1.82) is 0 Å². The molecule has 15 heteroatoms. The summed E-state index contributed by atoms with van der Waals surface area (Å²) in [5, 5.41) is 12.2. The lowest BCUT2D eigenvalue weighted by Gasteiger charge is -2.43. The number of benzene rings is 2. The van der Waals surface area contributed by atoms with Gasteiger partial charge < -0.3 is 24.3 Å². The molecule has 0 aromatic heterocycles. The van der Waals surface area contributed by atoms with Gasteiger partial charge in [-0.05, 0) is 55.4 Å². The number of hydrogen-bond acceptors (Lipinski definition) is 6. The van der Waals surface area contributed by atoms with Crippen molar-refractivity contribution < 1.29 is 51.0 Å². The molecule has 0 aliphatic carbocycles. The Bertz CT molecular complexity index is 1430. The monoisotopic (exact) mass is 778 g/mol. The van der Waals surface area contributed by atoms with Crippen LogP contribution in [0.1, 0.15) is 73.4 Å². The third kappa shape index (κ3) is 11.4. The molecule has 2 N–H and O–H groups in total. The van der Waals surface area contributed by atoms with Crippen LogP contribution in [0.4, 0.5) is 28.0 Å². The van der Waals surface area contributed by atoms with Crippen molar-refractivity contribution in [3.63, 3.8) is 0 Å². The summed E-state index contributed by atoms with van der Waals surface area (Å²) in [6, 6.07) is 8.66. The fraction of sp³-hybridized carbons (Fsp3) is 0.559. The van der Waals surface area contributed by atoms with Gasteiger partial charge in [-0.3, -0.25) is 14.5 Å². The van der Waals surface area contributed by atoms with Crippen LogP contribution in [0, 0.1) is 5.82 Å². The molecule has 9 nitrogen and oxygen atoms in total. The Hall–Kier alpha value is -3.17. The molecule has 2 aromatic carbocycles. The van der Waals surface area contributed by atoms with Gasteiger partial charge in [0.05, 0.1) is 12.6 Å². The number of hydrogen-bond donors (Lipinski definition) is 2. The Balaban J connectivity index is 2.75. The number of rotatable bonds is 15. The van der Waals surface area contributed by atoms with Crippen LogP contribution in [-0.2, 0) is 31.8 Å². The van der Waals surface area contributed by atoms with E-state index >= 15 is 4.39 Å². The van der Waals surface area contributed by atoms with E-state index in [0.717, 1.165) is 0 Å². The molecule has 1 unspecified atom stereocenters. The van der Waals surface area contributed by atoms with Gasteiger partial charge in [-0.1, -0.05) is 87.8 Å². The average molecular weight is 780 g/mol. The minimum absolute atomic E-state index is 0.0441. The van der Waals surface area contributed by atoms with E-state index in [1.54, 1.807) is 51.1 Å².